The minimum atomic E-state index is 0.461. The van der Waals surface area contributed by atoms with Gasteiger partial charge in [0.2, 0.25) is 0 Å². The van der Waals surface area contributed by atoms with E-state index in [0.29, 0.717) is 22.0 Å². The molecule has 3 aromatic rings. The minimum absolute atomic E-state index is 0.461. The first-order valence-corrected chi connectivity index (χ1v) is 7.40. The van der Waals surface area contributed by atoms with E-state index in [1.165, 1.54) is 0 Å². The zero-order valence-corrected chi connectivity index (χ0v) is 13.5. The molecule has 1 aromatic heterocycles. The maximum absolute atomic E-state index is 9.39. The molecule has 0 atom stereocenters. The third-order valence-electron chi connectivity index (χ3n) is 3.64. The first-order valence-electron chi connectivity index (χ1n) is 7.02. The lowest BCUT2D eigenvalue weighted by Crippen LogP contribution is -1.97. The SMILES string of the molecule is COc1ccc2ncc(C#N)c(Nc3ccc(C)c(Cl)c3)c2c1. The van der Waals surface area contributed by atoms with E-state index < -0.39 is 0 Å². The fourth-order valence-electron chi connectivity index (χ4n) is 2.33. The van der Waals surface area contributed by atoms with Crippen LogP contribution in [0.2, 0.25) is 5.02 Å². The Bertz CT molecular complexity index is 931. The molecule has 0 radical (unpaired) electrons. The summed E-state index contributed by atoms with van der Waals surface area (Å²) in [5.41, 5.74) is 3.75. The molecule has 0 aliphatic heterocycles. The number of halogens is 1. The van der Waals surface area contributed by atoms with Crippen LogP contribution < -0.4 is 10.1 Å². The Morgan fingerprint density at radius 1 is 1.22 bits per heavy atom. The van der Waals surface area contributed by atoms with Crippen molar-refractivity contribution in [1.82, 2.24) is 4.98 Å². The van der Waals surface area contributed by atoms with Crippen molar-refractivity contribution < 1.29 is 4.74 Å². The van der Waals surface area contributed by atoms with Crippen molar-refractivity contribution in [2.24, 2.45) is 0 Å². The van der Waals surface area contributed by atoms with Gasteiger partial charge >= 0.3 is 0 Å². The van der Waals surface area contributed by atoms with Gasteiger partial charge in [0, 0.05) is 22.3 Å². The van der Waals surface area contributed by atoms with Gasteiger partial charge in [-0.15, -0.1) is 0 Å². The van der Waals surface area contributed by atoms with Gasteiger partial charge < -0.3 is 10.1 Å². The van der Waals surface area contributed by atoms with Crippen LogP contribution >= 0.6 is 11.6 Å². The van der Waals surface area contributed by atoms with Gasteiger partial charge in [-0.25, -0.2) is 0 Å². The smallest absolute Gasteiger partial charge is 0.119 e. The molecule has 0 amide bonds. The van der Waals surface area contributed by atoms with E-state index in [0.717, 1.165) is 22.2 Å². The number of hydrogen-bond acceptors (Lipinski definition) is 4. The molecule has 4 nitrogen and oxygen atoms in total. The van der Waals surface area contributed by atoms with E-state index in [9.17, 15) is 5.26 Å². The molecule has 0 aliphatic rings. The van der Waals surface area contributed by atoms with Crippen molar-refractivity contribution in [3.63, 3.8) is 0 Å². The van der Waals surface area contributed by atoms with Crippen LogP contribution in [-0.2, 0) is 0 Å². The van der Waals surface area contributed by atoms with Crippen LogP contribution in [-0.4, -0.2) is 12.1 Å². The summed E-state index contributed by atoms with van der Waals surface area (Å²) in [6.45, 7) is 1.94. The molecule has 23 heavy (non-hydrogen) atoms. The van der Waals surface area contributed by atoms with Crippen LogP contribution in [0.15, 0.2) is 42.6 Å². The number of benzene rings is 2. The molecule has 0 fully saturated rings. The molecule has 114 valence electrons. The highest BCUT2D eigenvalue weighted by atomic mass is 35.5. The fourth-order valence-corrected chi connectivity index (χ4v) is 2.51. The van der Waals surface area contributed by atoms with Crippen LogP contribution in [0.1, 0.15) is 11.1 Å². The van der Waals surface area contributed by atoms with Crippen molar-refractivity contribution in [3.8, 4) is 11.8 Å². The summed E-state index contributed by atoms with van der Waals surface area (Å²) >= 11 is 6.18. The molecule has 0 saturated carbocycles. The number of rotatable bonds is 3. The second-order valence-electron chi connectivity index (χ2n) is 5.13. The standard InChI is InChI=1S/C18H14ClN3O/c1-11-3-4-13(7-16(11)19)22-18-12(9-20)10-21-17-6-5-14(23-2)8-15(17)18/h3-8,10H,1-2H3,(H,21,22). The molecule has 0 saturated heterocycles. The maximum Gasteiger partial charge on any atom is 0.119 e. The predicted molar refractivity (Wildman–Crippen MR) is 92.5 cm³/mol. The number of aromatic nitrogens is 1. The number of pyridine rings is 1. The Hall–Kier alpha value is -2.77. The molecule has 1 N–H and O–H groups in total. The second kappa shape index (κ2) is 6.15. The van der Waals surface area contributed by atoms with E-state index in [4.69, 9.17) is 16.3 Å². The number of nitriles is 1. The average molecular weight is 324 g/mol. The number of fused-ring (bicyclic) bond motifs is 1. The van der Waals surface area contributed by atoms with Crippen molar-refractivity contribution in [2.45, 2.75) is 6.92 Å². The van der Waals surface area contributed by atoms with Gasteiger partial charge in [-0.2, -0.15) is 5.26 Å². The fraction of sp³-hybridized carbons (Fsp3) is 0.111. The maximum atomic E-state index is 9.39. The zero-order valence-electron chi connectivity index (χ0n) is 12.7. The van der Waals surface area contributed by atoms with Crippen LogP contribution in [0.25, 0.3) is 10.9 Å². The lowest BCUT2D eigenvalue weighted by Gasteiger charge is -2.13. The van der Waals surface area contributed by atoms with Crippen LogP contribution in [0.4, 0.5) is 11.4 Å². The normalized spacial score (nSPS) is 10.3. The van der Waals surface area contributed by atoms with Crippen LogP contribution in [0, 0.1) is 18.3 Å². The summed E-state index contributed by atoms with van der Waals surface area (Å²) in [5, 5.41) is 14.2. The van der Waals surface area contributed by atoms with Gasteiger partial charge in [-0.3, -0.25) is 4.98 Å². The number of hydrogen-bond donors (Lipinski definition) is 1. The summed E-state index contributed by atoms with van der Waals surface area (Å²) in [7, 11) is 1.61. The molecule has 0 unspecified atom stereocenters. The molecular formula is C18H14ClN3O. The van der Waals surface area contributed by atoms with Crippen molar-refractivity contribution >= 4 is 33.9 Å². The quantitative estimate of drug-likeness (QED) is 0.750. The Balaban J connectivity index is 2.17. The summed E-state index contributed by atoms with van der Waals surface area (Å²) in [6, 6.07) is 13.4. The number of anilines is 2. The van der Waals surface area contributed by atoms with Gasteiger partial charge in [0.1, 0.15) is 11.8 Å². The third-order valence-corrected chi connectivity index (χ3v) is 4.04. The molecule has 3 rings (SSSR count). The van der Waals surface area contributed by atoms with Crippen LogP contribution in [0.5, 0.6) is 5.75 Å². The number of ether oxygens (including phenoxy) is 1. The van der Waals surface area contributed by atoms with Gasteiger partial charge in [-0.1, -0.05) is 17.7 Å². The minimum Gasteiger partial charge on any atom is -0.497 e. The lowest BCUT2D eigenvalue weighted by molar-refractivity contribution is 0.415. The zero-order chi connectivity index (χ0) is 16.4. The highest BCUT2D eigenvalue weighted by Crippen LogP contribution is 2.32. The molecule has 0 bridgehead atoms. The lowest BCUT2D eigenvalue weighted by atomic mass is 10.1. The topological polar surface area (TPSA) is 57.9 Å². The highest BCUT2D eigenvalue weighted by molar-refractivity contribution is 6.31. The first kappa shape index (κ1) is 15.1. The molecule has 5 heteroatoms. The van der Waals surface area contributed by atoms with E-state index in [1.807, 2.05) is 43.3 Å². The molecule has 2 aromatic carbocycles. The predicted octanol–water partition coefficient (Wildman–Crippen LogP) is 4.82. The second-order valence-corrected chi connectivity index (χ2v) is 5.54. The molecular weight excluding hydrogens is 310 g/mol. The monoisotopic (exact) mass is 323 g/mol. The van der Waals surface area contributed by atoms with Gasteiger partial charge in [-0.05, 0) is 42.8 Å². The van der Waals surface area contributed by atoms with Gasteiger partial charge in [0.25, 0.3) is 0 Å². The van der Waals surface area contributed by atoms with E-state index in [1.54, 1.807) is 13.3 Å². The van der Waals surface area contributed by atoms with Crippen LogP contribution in [0.3, 0.4) is 0 Å². The summed E-state index contributed by atoms with van der Waals surface area (Å²) in [4.78, 5) is 4.32. The third kappa shape index (κ3) is 2.92. The number of methoxy groups -OCH3 is 1. The summed E-state index contributed by atoms with van der Waals surface area (Å²) in [5.74, 6) is 0.708. The largest absolute Gasteiger partial charge is 0.497 e. The van der Waals surface area contributed by atoms with E-state index in [2.05, 4.69) is 16.4 Å². The highest BCUT2D eigenvalue weighted by Gasteiger charge is 2.11. The van der Waals surface area contributed by atoms with Gasteiger partial charge in [0.05, 0.1) is 23.9 Å². The molecule has 1 heterocycles. The molecule has 0 aliphatic carbocycles. The van der Waals surface area contributed by atoms with Crippen molar-refractivity contribution in [1.29, 1.82) is 5.26 Å². The number of aryl methyl sites for hydroxylation is 1. The Morgan fingerprint density at radius 2 is 2.04 bits per heavy atom. The van der Waals surface area contributed by atoms with Crippen molar-refractivity contribution in [3.05, 3.63) is 58.7 Å². The number of nitrogens with zero attached hydrogens (tertiary/aromatic N) is 2. The van der Waals surface area contributed by atoms with Crippen molar-refractivity contribution in [2.75, 3.05) is 12.4 Å². The van der Waals surface area contributed by atoms with Gasteiger partial charge in [0.15, 0.2) is 0 Å². The Morgan fingerprint density at radius 3 is 2.74 bits per heavy atom. The first-order chi connectivity index (χ1) is 11.1. The number of nitrogens with one attached hydrogen (secondary N) is 1. The molecule has 0 spiro atoms. The average Bonchev–Trinajstić information content (AvgIpc) is 2.58. The summed E-state index contributed by atoms with van der Waals surface area (Å²) in [6.07, 6.45) is 1.56. The van der Waals surface area contributed by atoms with E-state index in [-0.39, 0.29) is 0 Å². The van der Waals surface area contributed by atoms with E-state index >= 15 is 0 Å². The summed E-state index contributed by atoms with van der Waals surface area (Å²) < 4.78 is 5.28. The Labute approximate surface area is 139 Å². The Kier molecular flexibility index (Phi) is 4.05.